The van der Waals surface area contributed by atoms with Gasteiger partial charge in [-0.15, -0.1) is 11.3 Å². The van der Waals surface area contributed by atoms with Crippen LogP contribution in [0.4, 0.5) is 0 Å². The lowest BCUT2D eigenvalue weighted by molar-refractivity contribution is 0.313. The standard InChI is InChI=1S/C12H13N3O2S/c13-12(15-16)10-3-5-14-8-11(10)17-6-4-9-2-1-7-18-9/h1-3,5,7-8,16H,4,6H2,(H2,13,15). The van der Waals surface area contributed by atoms with Gasteiger partial charge in [0.1, 0.15) is 5.75 Å². The van der Waals surface area contributed by atoms with Crippen molar-refractivity contribution in [2.45, 2.75) is 6.42 Å². The first kappa shape index (κ1) is 12.4. The second-order valence-corrected chi connectivity index (χ2v) is 4.57. The molecular weight excluding hydrogens is 250 g/mol. The Morgan fingerprint density at radius 1 is 1.50 bits per heavy atom. The molecule has 0 spiro atoms. The Labute approximate surface area is 109 Å². The Hall–Kier alpha value is -2.08. The zero-order valence-electron chi connectivity index (χ0n) is 9.61. The van der Waals surface area contributed by atoms with Gasteiger partial charge >= 0.3 is 0 Å². The van der Waals surface area contributed by atoms with Crippen LogP contribution in [0.25, 0.3) is 0 Å². The summed E-state index contributed by atoms with van der Waals surface area (Å²) in [5, 5.41) is 13.7. The first-order valence-corrected chi connectivity index (χ1v) is 6.26. The van der Waals surface area contributed by atoms with Crippen LogP contribution in [0.3, 0.4) is 0 Å². The minimum Gasteiger partial charge on any atom is -0.491 e. The quantitative estimate of drug-likeness (QED) is 0.373. The molecule has 2 heterocycles. The lowest BCUT2D eigenvalue weighted by Crippen LogP contribution is -2.15. The highest BCUT2D eigenvalue weighted by atomic mass is 32.1. The molecular formula is C12H13N3O2S. The van der Waals surface area contributed by atoms with Crippen LogP contribution in [-0.2, 0) is 6.42 Å². The normalized spacial score (nSPS) is 11.4. The molecule has 3 N–H and O–H groups in total. The van der Waals surface area contributed by atoms with Crippen LogP contribution in [0.5, 0.6) is 5.75 Å². The third-order valence-electron chi connectivity index (χ3n) is 2.35. The van der Waals surface area contributed by atoms with Crippen molar-refractivity contribution in [3.8, 4) is 5.75 Å². The number of hydrogen-bond donors (Lipinski definition) is 2. The topological polar surface area (TPSA) is 80.7 Å². The number of pyridine rings is 1. The summed E-state index contributed by atoms with van der Waals surface area (Å²) in [5.74, 6) is 0.535. The minimum atomic E-state index is 0.0172. The molecule has 2 aromatic heterocycles. The van der Waals surface area contributed by atoms with Gasteiger partial charge in [-0.25, -0.2) is 0 Å². The summed E-state index contributed by atoms with van der Waals surface area (Å²) in [4.78, 5) is 5.22. The molecule has 18 heavy (non-hydrogen) atoms. The molecule has 0 amide bonds. The highest BCUT2D eigenvalue weighted by molar-refractivity contribution is 7.09. The molecule has 0 saturated carbocycles. The number of aromatic nitrogens is 1. The number of rotatable bonds is 5. The van der Waals surface area contributed by atoms with Gasteiger partial charge in [0.05, 0.1) is 18.4 Å². The van der Waals surface area contributed by atoms with E-state index in [1.807, 2.05) is 11.4 Å². The van der Waals surface area contributed by atoms with E-state index in [4.69, 9.17) is 15.7 Å². The third kappa shape index (κ3) is 2.98. The predicted octanol–water partition coefficient (Wildman–Crippen LogP) is 1.86. The van der Waals surface area contributed by atoms with Gasteiger partial charge in [-0.3, -0.25) is 4.98 Å². The molecule has 94 valence electrons. The summed E-state index contributed by atoms with van der Waals surface area (Å²) in [5.41, 5.74) is 6.10. The average molecular weight is 263 g/mol. The number of nitrogens with two attached hydrogens (primary N) is 1. The van der Waals surface area contributed by atoms with E-state index in [1.165, 1.54) is 4.88 Å². The number of nitrogens with zero attached hydrogens (tertiary/aromatic N) is 2. The van der Waals surface area contributed by atoms with Gasteiger partial charge in [0, 0.05) is 17.5 Å². The molecule has 0 saturated heterocycles. The lowest BCUT2D eigenvalue weighted by atomic mass is 10.2. The van der Waals surface area contributed by atoms with Crippen molar-refractivity contribution >= 4 is 17.2 Å². The highest BCUT2D eigenvalue weighted by Crippen LogP contribution is 2.17. The summed E-state index contributed by atoms with van der Waals surface area (Å²) in [7, 11) is 0. The van der Waals surface area contributed by atoms with Gasteiger partial charge in [0.2, 0.25) is 0 Å². The van der Waals surface area contributed by atoms with E-state index in [1.54, 1.807) is 29.8 Å². The van der Waals surface area contributed by atoms with Crippen LogP contribution < -0.4 is 10.5 Å². The fourth-order valence-electron chi connectivity index (χ4n) is 1.48. The largest absolute Gasteiger partial charge is 0.491 e. The predicted molar refractivity (Wildman–Crippen MR) is 70.3 cm³/mol. The Morgan fingerprint density at radius 2 is 2.39 bits per heavy atom. The Morgan fingerprint density at radius 3 is 3.11 bits per heavy atom. The fourth-order valence-corrected chi connectivity index (χ4v) is 2.17. The molecule has 2 rings (SSSR count). The summed E-state index contributed by atoms with van der Waals surface area (Å²) in [6.07, 6.45) is 3.95. The molecule has 0 fully saturated rings. The molecule has 0 atom stereocenters. The van der Waals surface area contributed by atoms with Gasteiger partial charge < -0.3 is 15.7 Å². The molecule has 0 aliphatic rings. The van der Waals surface area contributed by atoms with Crippen molar-refractivity contribution < 1.29 is 9.94 Å². The van der Waals surface area contributed by atoms with E-state index in [9.17, 15) is 0 Å². The van der Waals surface area contributed by atoms with Gasteiger partial charge in [-0.05, 0) is 17.5 Å². The molecule has 0 aliphatic heterocycles. The summed E-state index contributed by atoms with van der Waals surface area (Å²) >= 11 is 1.69. The van der Waals surface area contributed by atoms with E-state index in [0.717, 1.165) is 6.42 Å². The van der Waals surface area contributed by atoms with E-state index in [0.29, 0.717) is 17.9 Å². The second-order valence-electron chi connectivity index (χ2n) is 3.53. The molecule has 2 aromatic rings. The van der Waals surface area contributed by atoms with Gasteiger partial charge in [0.15, 0.2) is 5.84 Å². The zero-order chi connectivity index (χ0) is 12.8. The molecule has 0 unspecified atom stereocenters. The fraction of sp³-hybridized carbons (Fsp3) is 0.167. The molecule has 0 aromatic carbocycles. The SMILES string of the molecule is N/C(=N/O)c1ccncc1OCCc1cccs1. The maximum absolute atomic E-state index is 8.68. The first-order valence-electron chi connectivity index (χ1n) is 5.38. The number of amidine groups is 1. The van der Waals surface area contributed by atoms with Gasteiger partial charge in [-0.1, -0.05) is 11.2 Å². The summed E-state index contributed by atoms with van der Waals surface area (Å²) in [6.45, 7) is 0.526. The van der Waals surface area contributed by atoms with Crippen molar-refractivity contribution in [1.82, 2.24) is 4.98 Å². The van der Waals surface area contributed by atoms with Crippen LogP contribution in [0.1, 0.15) is 10.4 Å². The molecule has 0 aliphatic carbocycles. The zero-order valence-corrected chi connectivity index (χ0v) is 10.4. The van der Waals surface area contributed by atoms with E-state index < -0.39 is 0 Å². The van der Waals surface area contributed by atoms with Crippen LogP contribution in [0.2, 0.25) is 0 Å². The van der Waals surface area contributed by atoms with Gasteiger partial charge in [-0.2, -0.15) is 0 Å². The van der Waals surface area contributed by atoms with E-state index in [2.05, 4.69) is 16.2 Å². The maximum Gasteiger partial charge on any atom is 0.173 e. The van der Waals surface area contributed by atoms with Crippen LogP contribution in [0, 0.1) is 0 Å². The Balaban J connectivity index is 2.01. The van der Waals surface area contributed by atoms with Crippen molar-refractivity contribution in [3.63, 3.8) is 0 Å². The van der Waals surface area contributed by atoms with Crippen molar-refractivity contribution in [1.29, 1.82) is 0 Å². The number of hydrogen-bond acceptors (Lipinski definition) is 5. The number of ether oxygens (including phenoxy) is 1. The van der Waals surface area contributed by atoms with Crippen LogP contribution >= 0.6 is 11.3 Å². The summed E-state index contributed by atoms with van der Waals surface area (Å²) < 4.78 is 5.61. The molecule has 0 bridgehead atoms. The average Bonchev–Trinajstić information content (AvgIpc) is 2.92. The smallest absolute Gasteiger partial charge is 0.173 e. The highest BCUT2D eigenvalue weighted by Gasteiger charge is 2.08. The number of thiophene rings is 1. The molecule has 5 nitrogen and oxygen atoms in total. The van der Waals surface area contributed by atoms with Gasteiger partial charge in [0.25, 0.3) is 0 Å². The Kier molecular flexibility index (Phi) is 4.14. The molecule has 0 radical (unpaired) electrons. The van der Waals surface area contributed by atoms with E-state index in [-0.39, 0.29) is 5.84 Å². The van der Waals surface area contributed by atoms with E-state index >= 15 is 0 Å². The Bertz CT molecular complexity index is 526. The lowest BCUT2D eigenvalue weighted by Gasteiger charge is -2.09. The summed E-state index contributed by atoms with van der Waals surface area (Å²) in [6, 6.07) is 5.71. The molecule has 6 heteroatoms. The maximum atomic E-state index is 8.68. The van der Waals surface area contributed by atoms with Crippen molar-refractivity contribution in [3.05, 3.63) is 46.4 Å². The number of oxime groups is 1. The van der Waals surface area contributed by atoms with Crippen molar-refractivity contribution in [2.24, 2.45) is 10.9 Å². The minimum absolute atomic E-state index is 0.0172. The van der Waals surface area contributed by atoms with Crippen LogP contribution in [-0.4, -0.2) is 22.6 Å². The second kappa shape index (κ2) is 6.02. The van der Waals surface area contributed by atoms with Crippen LogP contribution in [0.15, 0.2) is 41.1 Å². The monoisotopic (exact) mass is 263 g/mol. The van der Waals surface area contributed by atoms with Crippen molar-refractivity contribution in [2.75, 3.05) is 6.61 Å². The third-order valence-corrected chi connectivity index (χ3v) is 3.29. The first-order chi connectivity index (χ1) is 8.81.